The molecule has 0 radical (unpaired) electrons. The normalized spacial score (nSPS) is 11.1. The molecule has 0 aliphatic rings. The Morgan fingerprint density at radius 2 is 1.57 bits per heavy atom. The summed E-state index contributed by atoms with van der Waals surface area (Å²) in [6, 6.07) is 14.6. The van der Waals surface area contributed by atoms with Crippen molar-refractivity contribution in [2.24, 2.45) is 0 Å². The molecule has 2 aromatic carbocycles. The molecule has 8 heteroatoms. The number of nitrogens with zero attached hydrogens (tertiary/aromatic N) is 1. The molecule has 0 heterocycles. The van der Waals surface area contributed by atoms with Crippen molar-refractivity contribution in [3.05, 3.63) is 65.7 Å². The summed E-state index contributed by atoms with van der Waals surface area (Å²) in [5, 5.41) is 8.67. The molecule has 0 fully saturated rings. The molecule has 0 atom stereocenters. The van der Waals surface area contributed by atoms with Gasteiger partial charge in [-0.2, -0.15) is 0 Å². The number of aliphatic carboxylic acids is 1. The van der Waals surface area contributed by atoms with Crippen molar-refractivity contribution in [2.45, 2.75) is 39.0 Å². The van der Waals surface area contributed by atoms with Crippen LogP contribution in [0.1, 0.15) is 54.9 Å². The number of carbonyl (C=O) groups excluding carboxylic acids is 2. The number of rotatable bonds is 11. The number of benzene rings is 2. The highest BCUT2D eigenvalue weighted by molar-refractivity contribution is 7.93. The standard InChI is InChI=1S/C22H25NO6S/c1-2-20(24)23(30(28,29)15-8-4-7-14-21(25)26)19-13-9-12-18(16-19)22(27)17-10-5-3-6-11-17/h3,5-6,9-13,16H,2,4,7-8,14-15H2,1H3,(H,25,26). The summed E-state index contributed by atoms with van der Waals surface area (Å²) in [5.41, 5.74) is 0.864. The smallest absolute Gasteiger partial charge is 0.303 e. The third-order valence-electron chi connectivity index (χ3n) is 4.48. The maximum absolute atomic E-state index is 12.9. The average Bonchev–Trinajstić information content (AvgIpc) is 2.73. The number of sulfonamides is 1. The summed E-state index contributed by atoms with van der Waals surface area (Å²) in [4.78, 5) is 35.8. The summed E-state index contributed by atoms with van der Waals surface area (Å²) >= 11 is 0. The molecule has 7 nitrogen and oxygen atoms in total. The van der Waals surface area contributed by atoms with Crippen molar-refractivity contribution in [1.82, 2.24) is 0 Å². The van der Waals surface area contributed by atoms with Crippen LogP contribution < -0.4 is 4.31 Å². The van der Waals surface area contributed by atoms with Gasteiger partial charge < -0.3 is 5.11 Å². The lowest BCUT2D eigenvalue weighted by molar-refractivity contribution is -0.137. The van der Waals surface area contributed by atoms with E-state index < -0.39 is 21.9 Å². The second-order valence-corrected chi connectivity index (χ2v) is 8.71. The molecule has 2 rings (SSSR count). The van der Waals surface area contributed by atoms with Gasteiger partial charge in [0.25, 0.3) is 0 Å². The Morgan fingerprint density at radius 1 is 0.900 bits per heavy atom. The Morgan fingerprint density at radius 3 is 2.20 bits per heavy atom. The highest BCUT2D eigenvalue weighted by Crippen LogP contribution is 2.23. The first-order chi connectivity index (χ1) is 14.3. The summed E-state index contributed by atoms with van der Waals surface area (Å²) in [7, 11) is -3.97. The Kier molecular flexibility index (Phi) is 8.29. The number of hydrogen-bond acceptors (Lipinski definition) is 5. The molecular formula is C22H25NO6S. The van der Waals surface area contributed by atoms with Gasteiger partial charge in [0, 0.05) is 24.0 Å². The first-order valence-corrected chi connectivity index (χ1v) is 11.3. The van der Waals surface area contributed by atoms with Gasteiger partial charge in [0.2, 0.25) is 15.9 Å². The predicted octanol–water partition coefficient (Wildman–Crippen LogP) is 3.64. The van der Waals surface area contributed by atoms with E-state index in [0.29, 0.717) is 18.4 Å². The number of unbranched alkanes of at least 4 members (excludes halogenated alkanes) is 2. The van der Waals surface area contributed by atoms with E-state index >= 15 is 0 Å². The van der Waals surface area contributed by atoms with E-state index in [1.54, 1.807) is 49.4 Å². The molecule has 2 aromatic rings. The Hall–Kier alpha value is -3.00. The molecule has 0 aromatic heterocycles. The fourth-order valence-corrected chi connectivity index (χ4v) is 4.59. The van der Waals surface area contributed by atoms with Gasteiger partial charge in [-0.15, -0.1) is 0 Å². The molecule has 160 valence electrons. The van der Waals surface area contributed by atoms with Crippen molar-refractivity contribution in [1.29, 1.82) is 0 Å². The SMILES string of the molecule is CCC(=O)N(c1cccc(C(=O)c2ccccc2)c1)S(=O)(=O)CCCCCC(=O)O. The van der Waals surface area contributed by atoms with Crippen molar-refractivity contribution in [3.8, 4) is 0 Å². The third-order valence-corrected chi connectivity index (χ3v) is 6.25. The monoisotopic (exact) mass is 431 g/mol. The summed E-state index contributed by atoms with van der Waals surface area (Å²) in [5.74, 6) is -2.08. The molecule has 0 spiro atoms. The van der Waals surface area contributed by atoms with Gasteiger partial charge in [0.15, 0.2) is 5.78 Å². The molecule has 30 heavy (non-hydrogen) atoms. The average molecular weight is 432 g/mol. The lowest BCUT2D eigenvalue weighted by Gasteiger charge is -2.22. The van der Waals surface area contributed by atoms with E-state index in [-0.39, 0.29) is 42.0 Å². The van der Waals surface area contributed by atoms with Gasteiger partial charge in [-0.05, 0) is 25.0 Å². The number of hydrogen-bond donors (Lipinski definition) is 1. The summed E-state index contributed by atoms with van der Waals surface area (Å²) in [6.45, 7) is 1.57. The minimum absolute atomic E-state index is 0.0187. The zero-order valence-electron chi connectivity index (χ0n) is 16.8. The highest BCUT2D eigenvalue weighted by Gasteiger charge is 2.28. The molecule has 0 bridgehead atoms. The Labute approximate surface area is 176 Å². The Balaban J connectivity index is 2.25. The van der Waals surface area contributed by atoms with Crippen LogP contribution in [0.3, 0.4) is 0 Å². The number of carbonyl (C=O) groups is 3. The molecule has 1 N–H and O–H groups in total. The van der Waals surface area contributed by atoms with Crippen molar-refractivity contribution in [3.63, 3.8) is 0 Å². The minimum atomic E-state index is -3.97. The zero-order valence-corrected chi connectivity index (χ0v) is 17.6. The van der Waals surface area contributed by atoms with Crippen molar-refractivity contribution in [2.75, 3.05) is 10.1 Å². The van der Waals surface area contributed by atoms with E-state index in [0.717, 1.165) is 4.31 Å². The molecule has 0 unspecified atom stereocenters. The predicted molar refractivity (Wildman–Crippen MR) is 114 cm³/mol. The number of anilines is 1. The maximum atomic E-state index is 12.9. The van der Waals surface area contributed by atoms with Crippen LogP contribution in [0, 0.1) is 0 Å². The van der Waals surface area contributed by atoms with Crippen LogP contribution in [0.2, 0.25) is 0 Å². The first-order valence-electron chi connectivity index (χ1n) is 9.73. The summed E-state index contributed by atoms with van der Waals surface area (Å²) in [6.07, 6.45) is 0.988. The van der Waals surface area contributed by atoms with Gasteiger partial charge in [0.05, 0.1) is 11.4 Å². The molecule has 0 aliphatic heterocycles. The molecule has 0 saturated carbocycles. The quantitative estimate of drug-likeness (QED) is 0.430. The Bertz CT molecular complexity index is 1000. The van der Waals surface area contributed by atoms with Gasteiger partial charge >= 0.3 is 5.97 Å². The van der Waals surface area contributed by atoms with Crippen molar-refractivity contribution >= 4 is 33.4 Å². The van der Waals surface area contributed by atoms with Crippen LogP contribution in [0.5, 0.6) is 0 Å². The van der Waals surface area contributed by atoms with Crippen LogP contribution in [-0.4, -0.2) is 36.9 Å². The topological polar surface area (TPSA) is 109 Å². The van der Waals surface area contributed by atoms with E-state index in [9.17, 15) is 22.8 Å². The van der Waals surface area contributed by atoms with Crippen molar-refractivity contribution < 1.29 is 27.9 Å². The third kappa shape index (κ3) is 6.25. The molecule has 1 amide bonds. The minimum Gasteiger partial charge on any atom is -0.481 e. The van der Waals surface area contributed by atoms with E-state index in [1.165, 1.54) is 12.1 Å². The molecular weight excluding hydrogens is 406 g/mol. The van der Waals surface area contributed by atoms with E-state index in [1.807, 2.05) is 0 Å². The maximum Gasteiger partial charge on any atom is 0.303 e. The second kappa shape index (κ2) is 10.7. The number of amides is 1. The van der Waals surface area contributed by atoms with Crippen LogP contribution >= 0.6 is 0 Å². The number of carboxylic acid groups (broad SMARTS) is 1. The fraction of sp³-hybridized carbons (Fsp3) is 0.318. The number of carboxylic acids is 1. The lowest BCUT2D eigenvalue weighted by atomic mass is 10.0. The number of ketones is 1. The molecule has 0 aliphatic carbocycles. The van der Waals surface area contributed by atoms with Crippen LogP contribution in [0.15, 0.2) is 54.6 Å². The van der Waals surface area contributed by atoms with Gasteiger partial charge in [-0.25, -0.2) is 12.7 Å². The van der Waals surface area contributed by atoms with Crippen LogP contribution in [-0.2, 0) is 19.6 Å². The van der Waals surface area contributed by atoms with Crippen LogP contribution in [0.4, 0.5) is 5.69 Å². The van der Waals surface area contributed by atoms with Gasteiger partial charge in [0.1, 0.15) is 0 Å². The zero-order chi connectivity index (χ0) is 22.1. The fourth-order valence-electron chi connectivity index (χ4n) is 2.96. The van der Waals surface area contributed by atoms with Crippen LogP contribution in [0.25, 0.3) is 0 Å². The highest BCUT2D eigenvalue weighted by atomic mass is 32.2. The second-order valence-electron chi connectivity index (χ2n) is 6.78. The molecule has 0 saturated heterocycles. The van der Waals surface area contributed by atoms with E-state index in [4.69, 9.17) is 5.11 Å². The van der Waals surface area contributed by atoms with E-state index in [2.05, 4.69) is 0 Å². The summed E-state index contributed by atoms with van der Waals surface area (Å²) < 4.78 is 26.5. The van der Waals surface area contributed by atoms with Gasteiger partial charge in [-0.3, -0.25) is 14.4 Å². The first kappa shape index (κ1) is 23.3. The van der Waals surface area contributed by atoms with Gasteiger partial charge in [-0.1, -0.05) is 55.8 Å². The largest absolute Gasteiger partial charge is 0.481 e. The lowest BCUT2D eigenvalue weighted by Crippen LogP contribution is -2.38.